The first-order valence-electron chi connectivity index (χ1n) is 4.32. The van der Waals surface area contributed by atoms with E-state index in [-0.39, 0.29) is 5.56 Å². The fourth-order valence-corrected chi connectivity index (χ4v) is 1.01. The number of rotatable bonds is 3. The van der Waals surface area contributed by atoms with Gasteiger partial charge < -0.3 is 4.74 Å². The molecule has 1 rings (SSSR count). The summed E-state index contributed by atoms with van der Waals surface area (Å²) in [7, 11) is 0. The fraction of sp³-hybridized carbons (Fsp3) is 0.200. The van der Waals surface area contributed by atoms with Gasteiger partial charge in [0.05, 0.1) is 17.7 Å². The highest BCUT2D eigenvalue weighted by molar-refractivity contribution is 5.93. The van der Waals surface area contributed by atoms with E-state index in [2.05, 4.69) is 4.89 Å². The van der Waals surface area contributed by atoms with Crippen molar-refractivity contribution in [3.05, 3.63) is 35.4 Å². The van der Waals surface area contributed by atoms with Gasteiger partial charge in [-0.1, -0.05) is 0 Å². The molecule has 0 amide bonds. The molecule has 0 spiro atoms. The van der Waals surface area contributed by atoms with Crippen molar-refractivity contribution in [2.24, 2.45) is 0 Å². The molecule has 0 aliphatic heterocycles. The molecule has 0 radical (unpaired) electrons. The summed E-state index contributed by atoms with van der Waals surface area (Å²) < 4.78 is 4.75. The van der Waals surface area contributed by atoms with Gasteiger partial charge in [0.2, 0.25) is 0 Å². The van der Waals surface area contributed by atoms with Crippen LogP contribution in [0.1, 0.15) is 27.6 Å². The van der Waals surface area contributed by atoms with Crippen molar-refractivity contribution in [2.75, 3.05) is 6.61 Å². The molecule has 0 aliphatic carbocycles. The van der Waals surface area contributed by atoms with Gasteiger partial charge in [0, 0.05) is 0 Å². The van der Waals surface area contributed by atoms with Crippen LogP contribution in [0.3, 0.4) is 0 Å². The average molecular weight is 210 g/mol. The lowest BCUT2D eigenvalue weighted by molar-refractivity contribution is -0.182. The van der Waals surface area contributed by atoms with Crippen LogP contribution >= 0.6 is 0 Å². The summed E-state index contributed by atoms with van der Waals surface area (Å²) in [5, 5.41) is 8.11. The maximum absolute atomic E-state index is 11.2. The van der Waals surface area contributed by atoms with Crippen LogP contribution < -0.4 is 0 Å². The maximum Gasteiger partial charge on any atom is 0.372 e. The summed E-state index contributed by atoms with van der Waals surface area (Å²) in [4.78, 5) is 25.6. The Morgan fingerprint density at radius 3 is 2.00 bits per heavy atom. The van der Waals surface area contributed by atoms with Crippen LogP contribution in [0.5, 0.6) is 0 Å². The number of benzene rings is 1. The second kappa shape index (κ2) is 5.11. The molecule has 0 fully saturated rings. The van der Waals surface area contributed by atoms with Gasteiger partial charge in [0.15, 0.2) is 0 Å². The zero-order valence-electron chi connectivity index (χ0n) is 8.10. The molecule has 5 nitrogen and oxygen atoms in total. The average Bonchev–Trinajstić information content (AvgIpc) is 2.28. The van der Waals surface area contributed by atoms with Crippen LogP contribution in [0.4, 0.5) is 0 Å². The predicted octanol–water partition coefficient (Wildman–Crippen LogP) is 1.49. The molecular weight excluding hydrogens is 200 g/mol. The summed E-state index contributed by atoms with van der Waals surface area (Å²) >= 11 is 0. The highest BCUT2D eigenvalue weighted by Crippen LogP contribution is 2.06. The third kappa shape index (κ3) is 2.78. The molecule has 0 aliphatic rings. The molecule has 0 saturated carbocycles. The van der Waals surface area contributed by atoms with E-state index in [0.29, 0.717) is 12.2 Å². The Morgan fingerprint density at radius 2 is 1.60 bits per heavy atom. The number of carbonyl (C=O) groups is 2. The summed E-state index contributed by atoms with van der Waals surface area (Å²) in [6.45, 7) is 1.99. The van der Waals surface area contributed by atoms with E-state index >= 15 is 0 Å². The van der Waals surface area contributed by atoms with Gasteiger partial charge in [-0.15, -0.1) is 0 Å². The van der Waals surface area contributed by atoms with Crippen molar-refractivity contribution >= 4 is 11.9 Å². The number of ether oxygens (including phenoxy) is 1. The lowest BCUT2D eigenvalue weighted by Gasteiger charge is -2.01. The van der Waals surface area contributed by atoms with Crippen molar-refractivity contribution in [1.29, 1.82) is 0 Å². The van der Waals surface area contributed by atoms with E-state index in [1.54, 1.807) is 6.92 Å². The van der Waals surface area contributed by atoms with Crippen molar-refractivity contribution in [1.82, 2.24) is 0 Å². The normalized spacial score (nSPS) is 9.47. The number of hydrogen-bond acceptors (Lipinski definition) is 5. The second-order valence-corrected chi connectivity index (χ2v) is 2.68. The predicted molar refractivity (Wildman–Crippen MR) is 50.4 cm³/mol. The van der Waals surface area contributed by atoms with E-state index in [1.165, 1.54) is 24.3 Å². The first-order chi connectivity index (χ1) is 7.19. The van der Waals surface area contributed by atoms with Gasteiger partial charge in [-0.25, -0.2) is 9.59 Å². The van der Waals surface area contributed by atoms with Gasteiger partial charge in [-0.3, -0.25) is 4.89 Å². The van der Waals surface area contributed by atoms with Crippen LogP contribution in [0, 0.1) is 0 Å². The molecule has 5 heteroatoms. The van der Waals surface area contributed by atoms with Crippen LogP contribution in [0.15, 0.2) is 24.3 Å². The Kier molecular flexibility index (Phi) is 3.82. The van der Waals surface area contributed by atoms with Crippen molar-refractivity contribution in [3.8, 4) is 0 Å². The van der Waals surface area contributed by atoms with E-state index in [0.717, 1.165) is 0 Å². The largest absolute Gasteiger partial charge is 0.462 e. The zero-order chi connectivity index (χ0) is 11.3. The number of hydrogen-bond donors (Lipinski definition) is 1. The highest BCUT2D eigenvalue weighted by Gasteiger charge is 2.09. The molecule has 80 valence electrons. The third-order valence-electron chi connectivity index (χ3n) is 1.71. The van der Waals surface area contributed by atoms with Gasteiger partial charge in [0.1, 0.15) is 0 Å². The van der Waals surface area contributed by atoms with E-state index in [4.69, 9.17) is 9.99 Å². The van der Waals surface area contributed by atoms with Gasteiger partial charge >= 0.3 is 11.9 Å². The molecular formula is C10H10O5. The Morgan fingerprint density at radius 1 is 1.13 bits per heavy atom. The first-order valence-corrected chi connectivity index (χ1v) is 4.32. The Bertz CT molecular complexity index is 355. The summed E-state index contributed by atoms with van der Waals surface area (Å²) in [6.07, 6.45) is 0. The molecule has 0 unspecified atom stereocenters. The molecule has 0 aromatic heterocycles. The quantitative estimate of drug-likeness (QED) is 0.465. The standard InChI is InChI=1S/C10H10O5/c1-2-14-9(11)7-3-5-8(6-4-7)10(12)15-13/h3-6,13H,2H2,1H3. The topological polar surface area (TPSA) is 72.8 Å². The Hall–Kier alpha value is -1.88. The summed E-state index contributed by atoms with van der Waals surface area (Å²) in [5.41, 5.74) is 0.497. The Labute approximate surface area is 86.2 Å². The van der Waals surface area contributed by atoms with Crippen LogP contribution in [0.2, 0.25) is 0 Å². The van der Waals surface area contributed by atoms with Crippen LogP contribution in [-0.2, 0) is 9.62 Å². The molecule has 1 aromatic rings. The monoisotopic (exact) mass is 210 g/mol. The van der Waals surface area contributed by atoms with Gasteiger partial charge in [-0.05, 0) is 31.2 Å². The minimum Gasteiger partial charge on any atom is -0.462 e. The molecule has 1 aromatic carbocycles. The number of carbonyl (C=O) groups excluding carboxylic acids is 2. The molecule has 0 saturated heterocycles. The second-order valence-electron chi connectivity index (χ2n) is 2.68. The first kappa shape index (κ1) is 11.2. The lowest BCUT2D eigenvalue weighted by atomic mass is 10.1. The maximum atomic E-state index is 11.2. The zero-order valence-corrected chi connectivity index (χ0v) is 8.10. The molecule has 0 bridgehead atoms. The lowest BCUT2D eigenvalue weighted by Crippen LogP contribution is -2.06. The van der Waals surface area contributed by atoms with Crippen molar-refractivity contribution < 1.29 is 24.5 Å². The van der Waals surface area contributed by atoms with E-state index in [1.807, 2.05) is 0 Å². The SMILES string of the molecule is CCOC(=O)c1ccc(C(=O)OO)cc1. The molecule has 1 N–H and O–H groups in total. The minimum atomic E-state index is -0.870. The van der Waals surface area contributed by atoms with Crippen LogP contribution in [0.25, 0.3) is 0 Å². The number of esters is 1. The van der Waals surface area contributed by atoms with Gasteiger partial charge in [-0.2, -0.15) is 5.26 Å². The molecule has 0 atom stereocenters. The van der Waals surface area contributed by atoms with E-state index < -0.39 is 11.9 Å². The highest BCUT2D eigenvalue weighted by atomic mass is 17.1. The minimum absolute atomic E-state index is 0.158. The van der Waals surface area contributed by atoms with Crippen molar-refractivity contribution in [3.63, 3.8) is 0 Å². The molecule has 15 heavy (non-hydrogen) atoms. The smallest absolute Gasteiger partial charge is 0.372 e. The Balaban J connectivity index is 2.80. The third-order valence-corrected chi connectivity index (χ3v) is 1.71. The van der Waals surface area contributed by atoms with Crippen molar-refractivity contribution in [2.45, 2.75) is 6.92 Å². The summed E-state index contributed by atoms with van der Waals surface area (Å²) in [6, 6.07) is 5.57. The van der Waals surface area contributed by atoms with Crippen LogP contribution in [-0.4, -0.2) is 23.8 Å². The fourth-order valence-electron chi connectivity index (χ4n) is 1.01. The van der Waals surface area contributed by atoms with Gasteiger partial charge in [0.25, 0.3) is 0 Å². The molecule has 0 heterocycles. The van der Waals surface area contributed by atoms with E-state index in [9.17, 15) is 9.59 Å². The summed E-state index contributed by atoms with van der Waals surface area (Å²) in [5.74, 6) is -1.33.